The van der Waals surface area contributed by atoms with Gasteiger partial charge in [-0.3, -0.25) is 0 Å². The maximum Gasteiger partial charge on any atom is 0.118 e. The fourth-order valence-electron chi connectivity index (χ4n) is 4.33. The summed E-state index contributed by atoms with van der Waals surface area (Å²) in [6.07, 6.45) is 3.66. The van der Waals surface area contributed by atoms with E-state index < -0.39 is 5.60 Å². The molecule has 1 heterocycles. The van der Waals surface area contributed by atoms with Crippen LogP contribution in [0.3, 0.4) is 0 Å². The molecule has 152 valence electrons. The monoisotopic (exact) mass is 383 g/mol. The summed E-state index contributed by atoms with van der Waals surface area (Å²) in [5, 5.41) is 15.4. The van der Waals surface area contributed by atoms with Crippen molar-refractivity contribution in [3.63, 3.8) is 0 Å². The molecule has 1 fully saturated rings. The molecule has 0 aliphatic carbocycles. The van der Waals surface area contributed by atoms with E-state index in [0.717, 1.165) is 30.8 Å². The third kappa shape index (κ3) is 4.34. The molecular weight excluding hydrogens is 350 g/mol. The Morgan fingerprint density at radius 2 is 1.50 bits per heavy atom. The highest BCUT2D eigenvalue weighted by atomic mass is 16.5. The van der Waals surface area contributed by atoms with Gasteiger partial charge in [0.2, 0.25) is 0 Å². The number of aliphatic hydroxyl groups is 1. The summed E-state index contributed by atoms with van der Waals surface area (Å²) in [6, 6.07) is 16.5. The molecule has 1 saturated heterocycles. The second-order valence-corrected chi connectivity index (χ2v) is 7.94. The van der Waals surface area contributed by atoms with Crippen molar-refractivity contribution in [3.8, 4) is 11.5 Å². The Morgan fingerprint density at radius 1 is 0.964 bits per heavy atom. The zero-order chi connectivity index (χ0) is 20.1. The van der Waals surface area contributed by atoms with Crippen LogP contribution in [0.5, 0.6) is 11.5 Å². The van der Waals surface area contributed by atoms with Crippen LogP contribution in [0.1, 0.15) is 62.7 Å². The SMILES string of the molecule is CCCC[C@@]1(O)C[C@H](c2ccc(OC)cc2)N[C@@H](c2ccc(OC)cc2)[C@@H]1C. The van der Waals surface area contributed by atoms with E-state index in [1.54, 1.807) is 14.2 Å². The van der Waals surface area contributed by atoms with Crippen LogP contribution in [0.2, 0.25) is 0 Å². The molecule has 28 heavy (non-hydrogen) atoms. The number of hydrogen-bond acceptors (Lipinski definition) is 4. The number of hydrogen-bond donors (Lipinski definition) is 2. The molecule has 0 unspecified atom stereocenters. The number of methoxy groups -OCH3 is 2. The normalized spacial score (nSPS) is 27.4. The molecule has 0 radical (unpaired) electrons. The third-order valence-electron chi connectivity index (χ3n) is 6.24. The minimum atomic E-state index is -0.698. The minimum absolute atomic E-state index is 0.0774. The quantitative estimate of drug-likeness (QED) is 0.703. The largest absolute Gasteiger partial charge is 0.497 e. The Bertz CT molecular complexity index is 743. The van der Waals surface area contributed by atoms with Crippen LogP contribution in [0.4, 0.5) is 0 Å². The van der Waals surface area contributed by atoms with Crippen molar-refractivity contribution in [1.29, 1.82) is 0 Å². The van der Waals surface area contributed by atoms with Gasteiger partial charge in [-0.05, 0) is 48.2 Å². The average molecular weight is 384 g/mol. The molecule has 0 spiro atoms. The van der Waals surface area contributed by atoms with Crippen molar-refractivity contribution >= 4 is 0 Å². The fourth-order valence-corrected chi connectivity index (χ4v) is 4.33. The summed E-state index contributed by atoms with van der Waals surface area (Å²) in [6.45, 7) is 4.35. The first-order valence-corrected chi connectivity index (χ1v) is 10.3. The third-order valence-corrected chi connectivity index (χ3v) is 6.24. The molecule has 0 aromatic heterocycles. The summed E-state index contributed by atoms with van der Waals surface area (Å²) in [5.41, 5.74) is 1.67. The first-order valence-electron chi connectivity index (χ1n) is 10.3. The zero-order valence-corrected chi connectivity index (χ0v) is 17.4. The van der Waals surface area contributed by atoms with Gasteiger partial charge in [-0.2, -0.15) is 0 Å². The van der Waals surface area contributed by atoms with Gasteiger partial charge in [0.05, 0.1) is 19.8 Å². The Hall–Kier alpha value is -2.04. The van der Waals surface area contributed by atoms with E-state index >= 15 is 0 Å². The van der Waals surface area contributed by atoms with E-state index in [0.29, 0.717) is 6.42 Å². The Kier molecular flexibility index (Phi) is 6.63. The molecule has 0 saturated carbocycles. The van der Waals surface area contributed by atoms with E-state index in [1.807, 2.05) is 24.3 Å². The van der Waals surface area contributed by atoms with Gasteiger partial charge in [0.25, 0.3) is 0 Å². The van der Waals surface area contributed by atoms with Crippen LogP contribution >= 0.6 is 0 Å². The van der Waals surface area contributed by atoms with Gasteiger partial charge in [0.15, 0.2) is 0 Å². The van der Waals surface area contributed by atoms with Crippen LogP contribution in [0.15, 0.2) is 48.5 Å². The van der Waals surface area contributed by atoms with E-state index in [2.05, 4.69) is 43.4 Å². The second kappa shape index (κ2) is 8.97. The van der Waals surface area contributed by atoms with E-state index in [9.17, 15) is 5.11 Å². The summed E-state index contributed by atoms with van der Waals surface area (Å²) in [4.78, 5) is 0. The lowest BCUT2D eigenvalue weighted by Crippen LogP contribution is -2.52. The first-order chi connectivity index (χ1) is 13.5. The van der Waals surface area contributed by atoms with Crippen molar-refractivity contribution in [1.82, 2.24) is 5.32 Å². The van der Waals surface area contributed by atoms with Crippen molar-refractivity contribution < 1.29 is 14.6 Å². The predicted octanol–water partition coefficient (Wildman–Crippen LogP) is 5.04. The van der Waals surface area contributed by atoms with E-state index in [4.69, 9.17) is 9.47 Å². The topological polar surface area (TPSA) is 50.7 Å². The van der Waals surface area contributed by atoms with Crippen LogP contribution in [0, 0.1) is 5.92 Å². The fraction of sp³-hybridized carbons (Fsp3) is 0.500. The maximum atomic E-state index is 11.6. The summed E-state index contributed by atoms with van der Waals surface area (Å²) in [5.74, 6) is 1.81. The molecule has 3 rings (SSSR count). The highest BCUT2D eigenvalue weighted by Crippen LogP contribution is 2.45. The zero-order valence-electron chi connectivity index (χ0n) is 17.4. The highest BCUT2D eigenvalue weighted by molar-refractivity contribution is 5.33. The van der Waals surface area contributed by atoms with Crippen LogP contribution in [-0.4, -0.2) is 24.9 Å². The van der Waals surface area contributed by atoms with E-state index in [-0.39, 0.29) is 18.0 Å². The predicted molar refractivity (Wildman–Crippen MR) is 113 cm³/mol. The lowest BCUT2D eigenvalue weighted by molar-refractivity contribution is -0.0752. The maximum absolute atomic E-state index is 11.6. The standard InChI is InChI=1S/C24H33NO3/c1-5-6-15-24(26)16-22(18-7-11-20(27-3)12-8-18)25-23(17(24)2)19-9-13-21(28-4)14-10-19/h7-14,17,22-23,25-26H,5-6,15-16H2,1-4H3/t17-,22+,23+,24+/m0/s1. The van der Waals surface area contributed by atoms with Crippen molar-refractivity contribution in [2.45, 2.75) is 57.2 Å². The Morgan fingerprint density at radius 3 is 2.00 bits per heavy atom. The molecule has 4 nitrogen and oxygen atoms in total. The van der Waals surface area contributed by atoms with E-state index in [1.165, 1.54) is 11.1 Å². The van der Waals surface area contributed by atoms with Gasteiger partial charge >= 0.3 is 0 Å². The van der Waals surface area contributed by atoms with Crippen LogP contribution in [0.25, 0.3) is 0 Å². The van der Waals surface area contributed by atoms with Crippen molar-refractivity contribution in [2.24, 2.45) is 5.92 Å². The lowest BCUT2D eigenvalue weighted by atomic mass is 9.70. The van der Waals surface area contributed by atoms with Crippen molar-refractivity contribution in [3.05, 3.63) is 59.7 Å². The average Bonchev–Trinajstić information content (AvgIpc) is 2.74. The molecule has 2 N–H and O–H groups in total. The molecule has 0 bridgehead atoms. The molecule has 2 aromatic carbocycles. The van der Waals surface area contributed by atoms with Gasteiger partial charge in [0.1, 0.15) is 11.5 Å². The Labute approximate surface area is 168 Å². The second-order valence-electron chi connectivity index (χ2n) is 7.94. The number of unbranched alkanes of at least 4 members (excludes halogenated alkanes) is 1. The van der Waals surface area contributed by atoms with Gasteiger partial charge in [-0.15, -0.1) is 0 Å². The van der Waals surface area contributed by atoms with Gasteiger partial charge in [-0.1, -0.05) is 51.0 Å². The smallest absolute Gasteiger partial charge is 0.118 e. The number of rotatable bonds is 7. The summed E-state index contributed by atoms with van der Waals surface area (Å²) < 4.78 is 10.6. The molecule has 0 amide bonds. The minimum Gasteiger partial charge on any atom is -0.497 e. The number of nitrogens with one attached hydrogen (secondary N) is 1. The molecule has 4 heteroatoms. The Balaban J connectivity index is 1.92. The number of ether oxygens (including phenoxy) is 2. The molecule has 4 atom stereocenters. The molecular formula is C24H33NO3. The molecule has 2 aromatic rings. The highest BCUT2D eigenvalue weighted by Gasteiger charge is 2.45. The first kappa shape index (κ1) is 20.7. The van der Waals surface area contributed by atoms with Gasteiger partial charge in [-0.25, -0.2) is 0 Å². The number of benzene rings is 2. The molecule has 1 aliphatic heterocycles. The number of piperidine rings is 1. The van der Waals surface area contributed by atoms with Gasteiger partial charge < -0.3 is 19.9 Å². The summed E-state index contributed by atoms with van der Waals surface area (Å²) >= 11 is 0. The van der Waals surface area contributed by atoms with Crippen molar-refractivity contribution in [2.75, 3.05) is 14.2 Å². The molecule has 1 aliphatic rings. The van der Waals surface area contributed by atoms with Crippen LogP contribution in [-0.2, 0) is 0 Å². The van der Waals surface area contributed by atoms with Gasteiger partial charge in [0, 0.05) is 18.0 Å². The van der Waals surface area contributed by atoms with Crippen LogP contribution < -0.4 is 14.8 Å². The lowest BCUT2D eigenvalue weighted by Gasteiger charge is -2.48. The summed E-state index contributed by atoms with van der Waals surface area (Å²) in [7, 11) is 3.36.